The van der Waals surface area contributed by atoms with E-state index in [9.17, 15) is 4.79 Å². The third kappa shape index (κ3) is 2.79. The Morgan fingerprint density at radius 1 is 1.40 bits per heavy atom. The molecule has 1 aromatic carbocycles. The molecule has 0 aliphatic heterocycles. The largest absolute Gasteiger partial charge is 0.319 e. The molecule has 3 nitrogen and oxygen atoms in total. The molecule has 2 rings (SSSR count). The number of rotatable bonds is 0. The molecule has 0 aliphatic carbocycles. The molecule has 15 heavy (non-hydrogen) atoms. The number of hydrogen-bond acceptors (Lipinski definition) is 2. The molecule has 0 spiro atoms. The Hall–Kier alpha value is -0.870. The van der Waals surface area contributed by atoms with E-state index in [-0.39, 0.29) is 5.56 Å². The second-order valence-corrected chi connectivity index (χ2v) is 3.82. The van der Waals surface area contributed by atoms with E-state index >= 15 is 0 Å². The van der Waals surface area contributed by atoms with Crippen LogP contribution in [0.3, 0.4) is 0 Å². The zero-order valence-corrected chi connectivity index (χ0v) is 10.7. The third-order valence-electron chi connectivity index (χ3n) is 1.60. The van der Waals surface area contributed by atoms with Crippen LogP contribution in [0.25, 0.3) is 11.0 Å². The number of halogens is 2. The van der Waals surface area contributed by atoms with E-state index in [1.165, 1.54) is 6.20 Å². The van der Waals surface area contributed by atoms with Crippen LogP contribution in [0.4, 0.5) is 0 Å². The van der Waals surface area contributed by atoms with Crippen LogP contribution in [-0.4, -0.2) is 9.97 Å². The van der Waals surface area contributed by atoms with Gasteiger partial charge in [0, 0.05) is 9.50 Å². The monoisotopic (exact) mass is 288 g/mol. The summed E-state index contributed by atoms with van der Waals surface area (Å²) in [7, 11) is 0. The number of aromatic amines is 1. The zero-order valence-electron chi connectivity index (χ0n) is 8.34. The lowest BCUT2D eigenvalue weighted by Gasteiger charge is -1.99. The fourth-order valence-corrected chi connectivity index (χ4v) is 1.99. The Morgan fingerprint density at radius 2 is 2.07 bits per heavy atom. The number of nitrogens with zero attached hydrogens (tertiary/aromatic N) is 1. The van der Waals surface area contributed by atoms with Gasteiger partial charge in [-0.15, -0.1) is 0 Å². The van der Waals surface area contributed by atoms with Crippen molar-refractivity contribution in [2.24, 2.45) is 0 Å². The average Bonchev–Trinajstić information content (AvgIpc) is 2.19. The van der Waals surface area contributed by atoms with Gasteiger partial charge < -0.3 is 4.98 Å². The minimum atomic E-state index is -0.235. The molecule has 1 aromatic heterocycles. The van der Waals surface area contributed by atoms with Crippen molar-refractivity contribution in [3.8, 4) is 0 Å². The topological polar surface area (TPSA) is 45.8 Å². The molecule has 0 fully saturated rings. The average molecular weight is 290 g/mol. The second-order valence-electron chi connectivity index (χ2n) is 2.53. The van der Waals surface area contributed by atoms with Crippen LogP contribution >= 0.6 is 27.5 Å². The highest BCUT2D eigenvalue weighted by Gasteiger charge is 2.02. The maximum atomic E-state index is 10.9. The molecule has 0 unspecified atom stereocenters. The van der Waals surface area contributed by atoms with Gasteiger partial charge in [0.05, 0.1) is 11.7 Å². The molecule has 0 amide bonds. The van der Waals surface area contributed by atoms with Crippen LogP contribution in [-0.2, 0) is 0 Å². The van der Waals surface area contributed by atoms with Crippen LogP contribution in [0, 0.1) is 0 Å². The first kappa shape index (κ1) is 12.2. The Labute approximate surface area is 101 Å². The van der Waals surface area contributed by atoms with Crippen molar-refractivity contribution in [3.63, 3.8) is 0 Å². The van der Waals surface area contributed by atoms with Gasteiger partial charge >= 0.3 is 0 Å². The van der Waals surface area contributed by atoms with Crippen LogP contribution in [0.2, 0.25) is 5.02 Å². The lowest BCUT2D eigenvalue weighted by molar-refractivity contribution is 1.21. The van der Waals surface area contributed by atoms with E-state index in [2.05, 4.69) is 25.9 Å². The van der Waals surface area contributed by atoms with Crippen molar-refractivity contribution in [1.82, 2.24) is 9.97 Å². The minimum Gasteiger partial charge on any atom is -0.319 e. The van der Waals surface area contributed by atoms with Gasteiger partial charge in [-0.1, -0.05) is 25.4 Å². The predicted octanol–water partition coefficient (Wildman–Crippen LogP) is 3.37. The van der Waals surface area contributed by atoms with Crippen molar-refractivity contribution < 1.29 is 0 Å². The highest BCUT2D eigenvalue weighted by Crippen LogP contribution is 2.24. The maximum Gasteiger partial charge on any atom is 0.266 e. The molecule has 80 valence electrons. The van der Waals surface area contributed by atoms with Gasteiger partial charge in [0.15, 0.2) is 0 Å². The SMILES string of the molecule is CC.O=c1cnc2c(Br)cc(Cl)cc2[nH]1. The normalized spacial score (nSPS) is 9.60. The number of benzene rings is 1. The lowest BCUT2D eigenvalue weighted by atomic mass is 10.3. The van der Waals surface area contributed by atoms with Crippen molar-refractivity contribution in [1.29, 1.82) is 0 Å². The summed E-state index contributed by atoms with van der Waals surface area (Å²) >= 11 is 9.10. The molecule has 0 bridgehead atoms. The predicted molar refractivity (Wildman–Crippen MR) is 66.4 cm³/mol. The van der Waals surface area contributed by atoms with Gasteiger partial charge in [0.2, 0.25) is 0 Å². The van der Waals surface area contributed by atoms with Gasteiger partial charge in [-0.05, 0) is 28.1 Å². The van der Waals surface area contributed by atoms with Gasteiger partial charge in [0.1, 0.15) is 5.52 Å². The molecule has 1 heterocycles. The molecular weight excluding hydrogens is 279 g/mol. The molecule has 0 saturated heterocycles. The fraction of sp³-hybridized carbons (Fsp3) is 0.200. The first-order valence-electron chi connectivity index (χ1n) is 4.51. The highest BCUT2D eigenvalue weighted by atomic mass is 79.9. The van der Waals surface area contributed by atoms with E-state index in [0.29, 0.717) is 16.1 Å². The van der Waals surface area contributed by atoms with Gasteiger partial charge in [-0.25, -0.2) is 4.98 Å². The number of nitrogens with one attached hydrogen (secondary N) is 1. The number of H-pyrrole nitrogens is 1. The molecule has 0 aliphatic rings. The Balaban J connectivity index is 0.000000531. The summed E-state index contributed by atoms with van der Waals surface area (Å²) in [6, 6.07) is 3.39. The van der Waals surface area contributed by atoms with Gasteiger partial charge in [-0.3, -0.25) is 4.79 Å². The molecule has 2 aromatic rings. The Morgan fingerprint density at radius 3 is 2.73 bits per heavy atom. The third-order valence-corrected chi connectivity index (χ3v) is 2.42. The van der Waals surface area contributed by atoms with Gasteiger partial charge in [-0.2, -0.15) is 0 Å². The van der Waals surface area contributed by atoms with E-state index in [1.807, 2.05) is 13.8 Å². The number of aromatic nitrogens is 2. The Kier molecular flexibility index (Phi) is 4.29. The molecule has 5 heteroatoms. The summed E-state index contributed by atoms with van der Waals surface area (Å²) in [5, 5.41) is 0.558. The molecule has 0 atom stereocenters. The van der Waals surface area contributed by atoms with Crippen LogP contribution in [0.15, 0.2) is 27.6 Å². The van der Waals surface area contributed by atoms with E-state index in [4.69, 9.17) is 11.6 Å². The fourth-order valence-electron chi connectivity index (χ4n) is 1.08. The first-order valence-corrected chi connectivity index (χ1v) is 5.68. The highest BCUT2D eigenvalue weighted by molar-refractivity contribution is 9.10. The zero-order chi connectivity index (χ0) is 11.4. The van der Waals surface area contributed by atoms with Gasteiger partial charge in [0.25, 0.3) is 5.56 Å². The van der Waals surface area contributed by atoms with Crippen molar-refractivity contribution in [2.45, 2.75) is 13.8 Å². The summed E-state index contributed by atoms with van der Waals surface area (Å²) in [4.78, 5) is 17.5. The minimum absolute atomic E-state index is 0.235. The number of fused-ring (bicyclic) bond motifs is 1. The Bertz CT molecular complexity index is 524. The van der Waals surface area contributed by atoms with E-state index in [1.54, 1.807) is 12.1 Å². The van der Waals surface area contributed by atoms with Crippen molar-refractivity contribution in [3.05, 3.63) is 38.2 Å². The quantitative estimate of drug-likeness (QED) is 0.808. The summed E-state index contributed by atoms with van der Waals surface area (Å²) in [5.41, 5.74) is 1.09. The molecule has 0 saturated carbocycles. The number of hydrogen-bond donors (Lipinski definition) is 1. The van der Waals surface area contributed by atoms with Crippen LogP contribution in [0.5, 0.6) is 0 Å². The molecule has 0 radical (unpaired) electrons. The first-order chi connectivity index (χ1) is 7.16. The summed E-state index contributed by atoms with van der Waals surface area (Å²) in [5.74, 6) is 0. The van der Waals surface area contributed by atoms with Crippen LogP contribution < -0.4 is 5.56 Å². The van der Waals surface area contributed by atoms with E-state index in [0.717, 1.165) is 4.47 Å². The summed E-state index contributed by atoms with van der Waals surface area (Å²) in [6.07, 6.45) is 1.24. The lowest BCUT2D eigenvalue weighted by Crippen LogP contribution is -2.04. The second kappa shape index (κ2) is 5.28. The van der Waals surface area contributed by atoms with E-state index < -0.39 is 0 Å². The summed E-state index contributed by atoms with van der Waals surface area (Å²) < 4.78 is 0.770. The molecule has 1 N–H and O–H groups in total. The van der Waals surface area contributed by atoms with Crippen molar-refractivity contribution >= 4 is 38.6 Å². The standard InChI is InChI=1S/C8H4BrClN2O.C2H6/c9-5-1-4(10)2-6-8(5)11-3-7(13)12-6;1-2/h1-3H,(H,12,13);1-2H3. The smallest absolute Gasteiger partial charge is 0.266 e. The summed E-state index contributed by atoms with van der Waals surface area (Å²) in [6.45, 7) is 4.00. The molecular formula is C10H10BrClN2O. The van der Waals surface area contributed by atoms with Crippen molar-refractivity contribution in [2.75, 3.05) is 0 Å². The maximum absolute atomic E-state index is 10.9. The van der Waals surface area contributed by atoms with Crippen LogP contribution in [0.1, 0.15) is 13.8 Å².